The van der Waals surface area contributed by atoms with Crippen LogP contribution in [0.5, 0.6) is 5.75 Å². The van der Waals surface area contributed by atoms with Gasteiger partial charge in [-0.1, -0.05) is 15.9 Å². The number of nitrogens with zero attached hydrogens (tertiary/aromatic N) is 1. The molecule has 0 atom stereocenters. The molecular formula is C15H25BrN2O. The van der Waals surface area contributed by atoms with Crippen LogP contribution < -0.4 is 10.1 Å². The van der Waals surface area contributed by atoms with Crippen molar-refractivity contribution in [2.75, 3.05) is 27.2 Å². The van der Waals surface area contributed by atoms with Crippen LogP contribution in [-0.2, 0) is 6.54 Å². The number of rotatable bonds is 6. The Morgan fingerprint density at radius 1 is 1.26 bits per heavy atom. The third-order valence-corrected chi connectivity index (χ3v) is 3.12. The number of halogens is 1. The van der Waals surface area contributed by atoms with E-state index in [2.05, 4.69) is 53.0 Å². The lowest BCUT2D eigenvalue weighted by Crippen LogP contribution is -2.35. The van der Waals surface area contributed by atoms with Gasteiger partial charge in [-0.2, -0.15) is 0 Å². The largest absolute Gasteiger partial charge is 0.492 e. The monoisotopic (exact) mass is 328 g/mol. The molecule has 0 saturated heterocycles. The lowest BCUT2D eigenvalue weighted by atomic mass is 10.1. The van der Waals surface area contributed by atoms with Gasteiger partial charge in [0.05, 0.1) is 0 Å². The molecule has 0 aliphatic carbocycles. The van der Waals surface area contributed by atoms with Gasteiger partial charge in [0.1, 0.15) is 12.4 Å². The van der Waals surface area contributed by atoms with Crippen molar-refractivity contribution in [2.45, 2.75) is 32.9 Å². The number of nitrogens with one attached hydrogen (secondary N) is 1. The Balaban J connectivity index is 2.68. The zero-order valence-electron chi connectivity index (χ0n) is 12.6. The molecule has 19 heavy (non-hydrogen) atoms. The molecule has 0 amide bonds. The highest BCUT2D eigenvalue weighted by Gasteiger charge is 2.11. The van der Waals surface area contributed by atoms with Crippen LogP contribution in [0.1, 0.15) is 26.3 Å². The molecule has 108 valence electrons. The fourth-order valence-electron chi connectivity index (χ4n) is 1.53. The van der Waals surface area contributed by atoms with Crippen molar-refractivity contribution >= 4 is 15.9 Å². The third-order valence-electron chi connectivity index (χ3n) is 2.63. The van der Waals surface area contributed by atoms with Crippen LogP contribution in [0.25, 0.3) is 0 Å². The van der Waals surface area contributed by atoms with Gasteiger partial charge < -0.3 is 15.0 Å². The van der Waals surface area contributed by atoms with Crippen LogP contribution in [0.4, 0.5) is 0 Å². The second kappa shape index (κ2) is 7.27. The summed E-state index contributed by atoms with van der Waals surface area (Å²) >= 11 is 3.52. The molecule has 0 spiro atoms. The lowest BCUT2D eigenvalue weighted by Gasteiger charge is -2.22. The zero-order valence-corrected chi connectivity index (χ0v) is 14.2. The number of benzene rings is 1. The van der Waals surface area contributed by atoms with Crippen molar-refractivity contribution in [3.8, 4) is 5.75 Å². The summed E-state index contributed by atoms with van der Waals surface area (Å²) in [6.45, 7) is 8.92. The van der Waals surface area contributed by atoms with Crippen molar-refractivity contribution in [3.63, 3.8) is 0 Å². The maximum Gasteiger partial charge on any atom is 0.123 e. The number of ether oxygens (including phenoxy) is 1. The average molecular weight is 329 g/mol. The molecule has 0 saturated carbocycles. The molecule has 0 fully saturated rings. The minimum absolute atomic E-state index is 0.100. The molecule has 1 aromatic rings. The van der Waals surface area contributed by atoms with Crippen molar-refractivity contribution in [1.82, 2.24) is 10.2 Å². The summed E-state index contributed by atoms with van der Waals surface area (Å²) < 4.78 is 6.95. The fraction of sp³-hybridized carbons (Fsp3) is 0.600. The van der Waals surface area contributed by atoms with E-state index in [1.54, 1.807) is 0 Å². The first-order valence-corrected chi connectivity index (χ1v) is 7.38. The van der Waals surface area contributed by atoms with Crippen molar-refractivity contribution in [2.24, 2.45) is 0 Å². The minimum Gasteiger partial charge on any atom is -0.492 e. The summed E-state index contributed by atoms with van der Waals surface area (Å²) in [5.74, 6) is 0.960. The predicted molar refractivity (Wildman–Crippen MR) is 84.8 cm³/mol. The van der Waals surface area contributed by atoms with Crippen LogP contribution >= 0.6 is 15.9 Å². The molecule has 0 radical (unpaired) electrons. The maximum absolute atomic E-state index is 5.87. The normalized spacial score (nSPS) is 11.9. The molecular weight excluding hydrogens is 304 g/mol. The predicted octanol–water partition coefficient (Wildman–Crippen LogP) is 3.28. The Morgan fingerprint density at radius 2 is 1.95 bits per heavy atom. The van der Waals surface area contributed by atoms with Gasteiger partial charge in [-0.25, -0.2) is 0 Å². The SMILES string of the molecule is CN(C)CCOc1ccc(Br)cc1CNC(C)(C)C. The summed E-state index contributed by atoms with van der Waals surface area (Å²) in [5, 5.41) is 3.49. The van der Waals surface area contributed by atoms with Gasteiger partial charge in [-0.05, 0) is 53.1 Å². The highest BCUT2D eigenvalue weighted by molar-refractivity contribution is 9.10. The van der Waals surface area contributed by atoms with E-state index in [0.717, 1.165) is 23.3 Å². The first-order chi connectivity index (χ1) is 8.78. The Morgan fingerprint density at radius 3 is 2.53 bits per heavy atom. The molecule has 4 heteroatoms. The van der Waals surface area contributed by atoms with E-state index in [0.29, 0.717) is 6.61 Å². The van der Waals surface area contributed by atoms with E-state index in [-0.39, 0.29) is 5.54 Å². The zero-order chi connectivity index (χ0) is 14.5. The van der Waals surface area contributed by atoms with Crippen LogP contribution in [0.15, 0.2) is 22.7 Å². The standard InChI is InChI=1S/C15H25BrN2O/c1-15(2,3)17-11-12-10-13(16)6-7-14(12)19-9-8-18(4)5/h6-7,10,17H,8-9,11H2,1-5H3. The molecule has 0 heterocycles. The van der Waals surface area contributed by atoms with Gasteiger partial charge in [0.2, 0.25) is 0 Å². The third kappa shape index (κ3) is 6.95. The van der Waals surface area contributed by atoms with Crippen LogP contribution in [0, 0.1) is 0 Å². The minimum atomic E-state index is 0.100. The van der Waals surface area contributed by atoms with Gasteiger partial charge in [0.15, 0.2) is 0 Å². The van der Waals surface area contributed by atoms with Crippen LogP contribution in [0.3, 0.4) is 0 Å². The van der Waals surface area contributed by atoms with E-state index in [9.17, 15) is 0 Å². The van der Waals surface area contributed by atoms with Gasteiger partial charge in [-0.3, -0.25) is 0 Å². The Labute approximate surface area is 125 Å². The molecule has 0 aromatic heterocycles. The Bertz CT molecular complexity index is 400. The lowest BCUT2D eigenvalue weighted by molar-refractivity contribution is 0.258. The molecule has 0 bridgehead atoms. The van der Waals surface area contributed by atoms with E-state index in [1.807, 2.05) is 26.2 Å². The molecule has 1 rings (SSSR count). The summed E-state index contributed by atoms with van der Waals surface area (Å²) in [6.07, 6.45) is 0. The summed E-state index contributed by atoms with van der Waals surface area (Å²) in [6, 6.07) is 6.16. The first kappa shape index (κ1) is 16.5. The molecule has 1 aromatic carbocycles. The van der Waals surface area contributed by atoms with E-state index in [1.165, 1.54) is 5.56 Å². The molecule has 1 N–H and O–H groups in total. The van der Waals surface area contributed by atoms with Crippen molar-refractivity contribution in [3.05, 3.63) is 28.2 Å². The van der Waals surface area contributed by atoms with Crippen LogP contribution in [0.2, 0.25) is 0 Å². The maximum atomic E-state index is 5.87. The molecule has 0 aliphatic heterocycles. The summed E-state index contributed by atoms with van der Waals surface area (Å²) in [4.78, 5) is 2.12. The van der Waals surface area contributed by atoms with Gasteiger partial charge in [0, 0.05) is 28.7 Å². The summed E-state index contributed by atoms with van der Waals surface area (Å²) in [5.41, 5.74) is 1.28. The Hall–Kier alpha value is -0.580. The second-order valence-electron chi connectivity index (χ2n) is 6.01. The first-order valence-electron chi connectivity index (χ1n) is 6.59. The Kier molecular flexibility index (Phi) is 6.30. The van der Waals surface area contributed by atoms with Gasteiger partial charge in [-0.15, -0.1) is 0 Å². The van der Waals surface area contributed by atoms with E-state index >= 15 is 0 Å². The number of hydrogen-bond acceptors (Lipinski definition) is 3. The van der Waals surface area contributed by atoms with Gasteiger partial charge >= 0.3 is 0 Å². The molecule has 3 nitrogen and oxygen atoms in total. The van der Waals surface area contributed by atoms with E-state index in [4.69, 9.17) is 4.74 Å². The number of hydrogen-bond donors (Lipinski definition) is 1. The van der Waals surface area contributed by atoms with Gasteiger partial charge in [0.25, 0.3) is 0 Å². The van der Waals surface area contributed by atoms with Crippen molar-refractivity contribution in [1.29, 1.82) is 0 Å². The van der Waals surface area contributed by atoms with E-state index < -0.39 is 0 Å². The molecule has 0 aliphatic rings. The second-order valence-corrected chi connectivity index (χ2v) is 6.92. The summed E-state index contributed by atoms with van der Waals surface area (Å²) in [7, 11) is 4.10. The average Bonchev–Trinajstić information content (AvgIpc) is 2.27. The fourth-order valence-corrected chi connectivity index (χ4v) is 1.93. The quantitative estimate of drug-likeness (QED) is 0.867. The molecule has 0 unspecified atom stereocenters. The number of likely N-dealkylation sites (N-methyl/N-ethyl adjacent to an activating group) is 1. The highest BCUT2D eigenvalue weighted by atomic mass is 79.9. The highest BCUT2D eigenvalue weighted by Crippen LogP contribution is 2.23. The topological polar surface area (TPSA) is 24.5 Å². The smallest absolute Gasteiger partial charge is 0.123 e. The van der Waals surface area contributed by atoms with Crippen LogP contribution in [-0.4, -0.2) is 37.7 Å². The van der Waals surface area contributed by atoms with Crippen molar-refractivity contribution < 1.29 is 4.74 Å².